The van der Waals surface area contributed by atoms with Crippen LogP contribution in [-0.2, 0) is 0 Å². The van der Waals surface area contributed by atoms with Crippen molar-refractivity contribution >= 4 is 38.5 Å². The number of aromatic nitrogens is 2. The number of hydrogen-bond acceptors (Lipinski definition) is 2. The molecule has 0 atom stereocenters. The predicted octanol–water partition coefficient (Wildman–Crippen LogP) is 4.39. The number of fused-ring (bicyclic) bond motifs is 1. The molecule has 1 N–H and O–H groups in total. The van der Waals surface area contributed by atoms with Crippen molar-refractivity contribution in [2.45, 2.75) is 0 Å². The van der Waals surface area contributed by atoms with Gasteiger partial charge in [0.1, 0.15) is 0 Å². The summed E-state index contributed by atoms with van der Waals surface area (Å²) in [4.78, 5) is 7.25. The van der Waals surface area contributed by atoms with Crippen molar-refractivity contribution in [3.05, 3.63) is 64.5 Å². The lowest BCUT2D eigenvalue weighted by atomic mass is 10.0. The van der Waals surface area contributed by atoms with Gasteiger partial charge in [0.15, 0.2) is 0 Å². The van der Waals surface area contributed by atoms with E-state index in [-0.39, 0.29) is 0 Å². The standard InChI is InChI=1S/C16H10BrN3/c17-13-3-4-16-14(7-13)15(10-20-16)12(8-18)6-11-2-1-5-19-9-11/h1-7,9-10,20H/b12-6+. The number of benzene rings is 1. The number of nitriles is 1. The molecule has 0 saturated carbocycles. The molecule has 3 nitrogen and oxygen atoms in total. The van der Waals surface area contributed by atoms with Crippen LogP contribution in [-0.4, -0.2) is 9.97 Å². The third-order valence-electron chi connectivity index (χ3n) is 3.05. The van der Waals surface area contributed by atoms with Gasteiger partial charge < -0.3 is 4.98 Å². The average Bonchev–Trinajstić information content (AvgIpc) is 2.89. The Morgan fingerprint density at radius 1 is 1.35 bits per heavy atom. The number of H-pyrrole nitrogens is 1. The van der Waals surface area contributed by atoms with Crippen LogP contribution in [0.5, 0.6) is 0 Å². The fourth-order valence-corrected chi connectivity index (χ4v) is 2.48. The van der Waals surface area contributed by atoms with Gasteiger partial charge in [0.25, 0.3) is 0 Å². The summed E-state index contributed by atoms with van der Waals surface area (Å²) >= 11 is 3.46. The Balaban J connectivity index is 2.16. The van der Waals surface area contributed by atoms with Gasteiger partial charge in [-0.25, -0.2) is 0 Å². The second kappa shape index (κ2) is 5.32. The zero-order valence-corrected chi connectivity index (χ0v) is 12.1. The van der Waals surface area contributed by atoms with Crippen LogP contribution in [0.3, 0.4) is 0 Å². The number of pyridine rings is 1. The maximum absolute atomic E-state index is 9.42. The Morgan fingerprint density at radius 2 is 2.25 bits per heavy atom. The van der Waals surface area contributed by atoms with E-state index < -0.39 is 0 Å². The van der Waals surface area contributed by atoms with Crippen molar-refractivity contribution in [2.75, 3.05) is 0 Å². The lowest BCUT2D eigenvalue weighted by Gasteiger charge is -1.99. The van der Waals surface area contributed by atoms with Crippen LogP contribution in [0.1, 0.15) is 11.1 Å². The number of aromatic amines is 1. The summed E-state index contributed by atoms with van der Waals surface area (Å²) in [5, 5.41) is 10.4. The van der Waals surface area contributed by atoms with Crippen LogP contribution in [0.2, 0.25) is 0 Å². The topological polar surface area (TPSA) is 52.5 Å². The molecule has 3 aromatic rings. The van der Waals surface area contributed by atoms with Crippen molar-refractivity contribution in [2.24, 2.45) is 0 Å². The highest BCUT2D eigenvalue weighted by Gasteiger charge is 2.09. The minimum absolute atomic E-state index is 0.613. The summed E-state index contributed by atoms with van der Waals surface area (Å²) in [6.45, 7) is 0. The molecule has 0 fully saturated rings. The van der Waals surface area contributed by atoms with E-state index in [1.807, 2.05) is 42.6 Å². The fraction of sp³-hybridized carbons (Fsp3) is 0. The van der Waals surface area contributed by atoms with Crippen LogP contribution in [0.25, 0.3) is 22.6 Å². The number of hydrogen-bond donors (Lipinski definition) is 1. The van der Waals surface area contributed by atoms with Gasteiger partial charge in [0.05, 0.1) is 11.6 Å². The first-order valence-electron chi connectivity index (χ1n) is 6.07. The van der Waals surface area contributed by atoms with E-state index in [0.717, 1.165) is 26.5 Å². The Bertz CT molecular complexity index is 826. The fourth-order valence-electron chi connectivity index (χ4n) is 2.11. The van der Waals surface area contributed by atoms with Crippen LogP contribution in [0.4, 0.5) is 0 Å². The van der Waals surface area contributed by atoms with Gasteiger partial charge in [0.2, 0.25) is 0 Å². The molecule has 0 aliphatic carbocycles. The zero-order valence-electron chi connectivity index (χ0n) is 10.5. The van der Waals surface area contributed by atoms with Gasteiger partial charge in [-0.3, -0.25) is 4.98 Å². The molecule has 0 unspecified atom stereocenters. The molecule has 4 heteroatoms. The normalized spacial score (nSPS) is 11.5. The first-order chi connectivity index (χ1) is 9.78. The summed E-state index contributed by atoms with van der Waals surface area (Å²) in [6.07, 6.45) is 7.16. The summed E-state index contributed by atoms with van der Waals surface area (Å²) in [5.41, 5.74) is 3.43. The van der Waals surface area contributed by atoms with Gasteiger partial charge in [-0.05, 0) is 35.9 Å². The van der Waals surface area contributed by atoms with Crippen LogP contribution >= 0.6 is 15.9 Å². The van der Waals surface area contributed by atoms with Crippen molar-refractivity contribution < 1.29 is 0 Å². The third kappa shape index (κ3) is 2.36. The van der Waals surface area contributed by atoms with E-state index in [1.54, 1.807) is 12.4 Å². The van der Waals surface area contributed by atoms with Crippen molar-refractivity contribution in [1.29, 1.82) is 5.26 Å². The second-order valence-electron chi connectivity index (χ2n) is 4.35. The smallest absolute Gasteiger partial charge is 0.0998 e. The molecule has 0 amide bonds. The average molecular weight is 324 g/mol. The molecule has 0 radical (unpaired) electrons. The Morgan fingerprint density at radius 3 is 3.00 bits per heavy atom. The largest absolute Gasteiger partial charge is 0.361 e. The molecule has 0 aliphatic heterocycles. The first-order valence-corrected chi connectivity index (χ1v) is 6.86. The Hall–Kier alpha value is -2.38. The van der Waals surface area contributed by atoms with E-state index in [4.69, 9.17) is 0 Å². The highest BCUT2D eigenvalue weighted by atomic mass is 79.9. The lowest BCUT2D eigenvalue weighted by molar-refractivity contribution is 1.32. The number of allylic oxidation sites excluding steroid dienone is 1. The zero-order chi connectivity index (χ0) is 13.9. The SMILES string of the molecule is N#C/C(=C\c1cccnc1)c1c[nH]c2ccc(Br)cc12. The second-order valence-corrected chi connectivity index (χ2v) is 5.26. The van der Waals surface area contributed by atoms with Gasteiger partial charge in [-0.1, -0.05) is 22.0 Å². The molecule has 0 bridgehead atoms. The molecular formula is C16H10BrN3. The molecule has 3 rings (SSSR count). The molecule has 0 spiro atoms. The van der Waals surface area contributed by atoms with Crippen molar-refractivity contribution in [3.8, 4) is 6.07 Å². The molecule has 96 valence electrons. The molecule has 1 aromatic carbocycles. The van der Waals surface area contributed by atoms with Crippen LogP contribution < -0.4 is 0 Å². The van der Waals surface area contributed by atoms with E-state index in [1.165, 1.54) is 0 Å². The highest BCUT2D eigenvalue weighted by Crippen LogP contribution is 2.28. The monoisotopic (exact) mass is 323 g/mol. The van der Waals surface area contributed by atoms with E-state index in [2.05, 4.69) is 32.0 Å². The number of halogens is 1. The molecule has 2 heterocycles. The summed E-state index contributed by atoms with van der Waals surface area (Å²) in [6, 6.07) is 12.0. The van der Waals surface area contributed by atoms with Crippen molar-refractivity contribution in [1.82, 2.24) is 9.97 Å². The first kappa shape index (κ1) is 12.6. The van der Waals surface area contributed by atoms with Gasteiger partial charge in [-0.15, -0.1) is 0 Å². The highest BCUT2D eigenvalue weighted by molar-refractivity contribution is 9.10. The Kier molecular flexibility index (Phi) is 3.36. The van der Waals surface area contributed by atoms with Gasteiger partial charge >= 0.3 is 0 Å². The van der Waals surface area contributed by atoms with E-state index in [9.17, 15) is 5.26 Å². The summed E-state index contributed by atoms with van der Waals surface area (Å²) in [5.74, 6) is 0. The predicted molar refractivity (Wildman–Crippen MR) is 83.7 cm³/mol. The maximum Gasteiger partial charge on any atom is 0.0998 e. The minimum atomic E-state index is 0.613. The molecule has 0 saturated heterocycles. The lowest BCUT2D eigenvalue weighted by Crippen LogP contribution is -1.81. The van der Waals surface area contributed by atoms with E-state index >= 15 is 0 Å². The van der Waals surface area contributed by atoms with Crippen LogP contribution in [0.15, 0.2) is 53.4 Å². The Labute approximate surface area is 124 Å². The van der Waals surface area contributed by atoms with Crippen LogP contribution in [0, 0.1) is 11.3 Å². The molecular weight excluding hydrogens is 314 g/mol. The van der Waals surface area contributed by atoms with Gasteiger partial charge in [-0.2, -0.15) is 5.26 Å². The summed E-state index contributed by atoms with van der Waals surface area (Å²) in [7, 11) is 0. The molecule has 0 aliphatic rings. The third-order valence-corrected chi connectivity index (χ3v) is 3.54. The van der Waals surface area contributed by atoms with Crippen molar-refractivity contribution in [3.63, 3.8) is 0 Å². The maximum atomic E-state index is 9.42. The molecule has 20 heavy (non-hydrogen) atoms. The van der Waals surface area contributed by atoms with E-state index in [0.29, 0.717) is 5.57 Å². The van der Waals surface area contributed by atoms with Gasteiger partial charge in [0, 0.05) is 39.5 Å². The number of nitrogens with one attached hydrogen (secondary N) is 1. The number of rotatable bonds is 2. The number of nitrogens with zero attached hydrogens (tertiary/aromatic N) is 2. The molecule has 2 aromatic heterocycles. The summed E-state index contributed by atoms with van der Waals surface area (Å²) < 4.78 is 0.990. The minimum Gasteiger partial charge on any atom is -0.361 e. The quantitative estimate of drug-likeness (QED) is 0.711.